The summed E-state index contributed by atoms with van der Waals surface area (Å²) in [6.07, 6.45) is 1.45. The quantitative estimate of drug-likeness (QED) is 0.882. The van der Waals surface area contributed by atoms with Gasteiger partial charge < -0.3 is 15.7 Å². The third kappa shape index (κ3) is 2.49. The van der Waals surface area contributed by atoms with E-state index in [4.69, 9.17) is 5.73 Å². The first-order valence-corrected chi connectivity index (χ1v) is 5.79. The Kier molecular flexibility index (Phi) is 3.37. The number of carboxylic acid groups (broad SMARTS) is 1. The molecule has 1 aromatic carbocycles. The Labute approximate surface area is 111 Å². The van der Waals surface area contributed by atoms with Crippen LogP contribution in [0.5, 0.6) is 0 Å². The van der Waals surface area contributed by atoms with Crippen LogP contribution < -0.4 is 10.6 Å². The van der Waals surface area contributed by atoms with E-state index >= 15 is 0 Å². The number of carboxylic acids is 1. The normalized spacial score (nSPS) is 10.2. The molecule has 0 unspecified atom stereocenters. The van der Waals surface area contributed by atoms with Gasteiger partial charge in [-0.25, -0.2) is 9.78 Å². The molecule has 2 aromatic rings. The molecule has 98 valence electrons. The second-order valence-electron chi connectivity index (χ2n) is 4.29. The average molecular weight is 257 g/mol. The largest absolute Gasteiger partial charge is 0.478 e. The van der Waals surface area contributed by atoms with E-state index in [2.05, 4.69) is 4.98 Å². The second-order valence-corrected chi connectivity index (χ2v) is 4.29. The number of aromatic carboxylic acids is 1. The number of aromatic nitrogens is 1. The van der Waals surface area contributed by atoms with Crippen LogP contribution in [-0.4, -0.2) is 23.1 Å². The number of nitrogen functional groups attached to an aromatic ring is 1. The fraction of sp³-hybridized carbons (Fsp3) is 0.143. The van der Waals surface area contributed by atoms with Crippen molar-refractivity contribution in [2.75, 3.05) is 17.7 Å². The van der Waals surface area contributed by atoms with Gasteiger partial charge in [0.25, 0.3) is 0 Å². The fourth-order valence-corrected chi connectivity index (χ4v) is 1.95. The Hall–Kier alpha value is -2.56. The van der Waals surface area contributed by atoms with Crippen molar-refractivity contribution in [3.05, 3.63) is 47.7 Å². The van der Waals surface area contributed by atoms with E-state index in [1.807, 2.05) is 31.2 Å². The topological polar surface area (TPSA) is 79.5 Å². The molecule has 0 spiro atoms. The zero-order valence-electron chi connectivity index (χ0n) is 10.8. The highest BCUT2D eigenvalue weighted by molar-refractivity contribution is 5.95. The van der Waals surface area contributed by atoms with E-state index in [9.17, 15) is 9.90 Å². The van der Waals surface area contributed by atoms with Crippen molar-refractivity contribution < 1.29 is 9.90 Å². The predicted octanol–water partition coefficient (Wildman–Crippen LogP) is 2.44. The average Bonchev–Trinajstić information content (AvgIpc) is 2.38. The molecule has 0 atom stereocenters. The number of carbonyl (C=O) groups is 1. The van der Waals surface area contributed by atoms with Crippen molar-refractivity contribution in [2.45, 2.75) is 6.92 Å². The van der Waals surface area contributed by atoms with E-state index in [0.717, 1.165) is 11.3 Å². The molecule has 0 radical (unpaired) electrons. The lowest BCUT2D eigenvalue weighted by molar-refractivity contribution is 0.0697. The molecule has 0 aliphatic heterocycles. The maximum Gasteiger partial charge on any atom is 0.339 e. The standard InChI is InChI=1S/C14H15N3O2/c1-9-5-3-4-6-12(9)17(2)13-11(14(18)19)7-10(15)8-16-13/h3-8H,15H2,1-2H3,(H,18,19). The molecule has 5 nitrogen and oxygen atoms in total. The second kappa shape index (κ2) is 4.97. The van der Waals surface area contributed by atoms with Crippen LogP contribution in [0.25, 0.3) is 0 Å². The minimum absolute atomic E-state index is 0.0887. The summed E-state index contributed by atoms with van der Waals surface area (Å²) < 4.78 is 0. The van der Waals surface area contributed by atoms with Gasteiger partial charge in [0.15, 0.2) is 0 Å². The Morgan fingerprint density at radius 1 is 1.37 bits per heavy atom. The summed E-state index contributed by atoms with van der Waals surface area (Å²) in [5.74, 6) is -0.675. The van der Waals surface area contributed by atoms with Crippen LogP contribution in [0.1, 0.15) is 15.9 Å². The molecule has 0 saturated carbocycles. The summed E-state index contributed by atoms with van der Waals surface area (Å²) in [7, 11) is 1.79. The monoisotopic (exact) mass is 257 g/mol. The highest BCUT2D eigenvalue weighted by Crippen LogP contribution is 2.28. The van der Waals surface area contributed by atoms with E-state index in [0.29, 0.717) is 11.5 Å². The predicted molar refractivity (Wildman–Crippen MR) is 74.9 cm³/mol. The summed E-state index contributed by atoms with van der Waals surface area (Å²) in [5, 5.41) is 9.23. The van der Waals surface area contributed by atoms with Crippen LogP contribution in [0.4, 0.5) is 17.2 Å². The van der Waals surface area contributed by atoms with Gasteiger partial charge in [0.1, 0.15) is 11.4 Å². The molecular weight excluding hydrogens is 242 g/mol. The molecule has 0 aliphatic rings. The number of nitrogens with two attached hydrogens (primary N) is 1. The first-order chi connectivity index (χ1) is 9.00. The summed E-state index contributed by atoms with van der Waals surface area (Å²) in [4.78, 5) is 17.2. The van der Waals surface area contributed by atoms with Gasteiger partial charge >= 0.3 is 5.97 Å². The zero-order valence-corrected chi connectivity index (χ0v) is 10.8. The van der Waals surface area contributed by atoms with Crippen LogP contribution >= 0.6 is 0 Å². The minimum Gasteiger partial charge on any atom is -0.478 e. The SMILES string of the molecule is Cc1ccccc1N(C)c1ncc(N)cc1C(=O)O. The van der Waals surface area contributed by atoms with Crippen LogP contribution in [0.15, 0.2) is 36.5 Å². The first kappa shape index (κ1) is 12.9. The molecule has 0 fully saturated rings. The summed E-state index contributed by atoms with van der Waals surface area (Å²) in [6, 6.07) is 9.12. The minimum atomic E-state index is -1.05. The molecule has 0 aliphatic carbocycles. The maximum absolute atomic E-state index is 11.3. The van der Waals surface area contributed by atoms with Crippen molar-refractivity contribution in [2.24, 2.45) is 0 Å². The summed E-state index contributed by atoms with van der Waals surface area (Å²) >= 11 is 0. The molecular formula is C14H15N3O2. The highest BCUT2D eigenvalue weighted by atomic mass is 16.4. The Morgan fingerprint density at radius 3 is 2.68 bits per heavy atom. The van der Waals surface area contributed by atoms with E-state index in [1.165, 1.54) is 12.3 Å². The molecule has 5 heteroatoms. The first-order valence-electron chi connectivity index (χ1n) is 5.79. The lowest BCUT2D eigenvalue weighted by atomic mass is 10.1. The van der Waals surface area contributed by atoms with Crippen LogP contribution in [0, 0.1) is 6.92 Å². The van der Waals surface area contributed by atoms with Crippen molar-refractivity contribution in [3.8, 4) is 0 Å². The lowest BCUT2D eigenvalue weighted by Gasteiger charge is -2.22. The third-order valence-corrected chi connectivity index (χ3v) is 2.91. The van der Waals surface area contributed by atoms with Crippen molar-refractivity contribution in [3.63, 3.8) is 0 Å². The van der Waals surface area contributed by atoms with Gasteiger partial charge in [0.05, 0.1) is 11.9 Å². The molecule has 2 rings (SSSR count). The number of benzene rings is 1. The van der Waals surface area contributed by atoms with Crippen molar-refractivity contribution in [1.29, 1.82) is 0 Å². The van der Waals surface area contributed by atoms with Crippen LogP contribution in [-0.2, 0) is 0 Å². The van der Waals surface area contributed by atoms with Crippen LogP contribution in [0.2, 0.25) is 0 Å². The molecule has 19 heavy (non-hydrogen) atoms. The molecule has 0 bridgehead atoms. The number of rotatable bonds is 3. The molecule has 0 saturated heterocycles. The number of para-hydroxylation sites is 1. The van der Waals surface area contributed by atoms with E-state index in [1.54, 1.807) is 11.9 Å². The molecule has 3 N–H and O–H groups in total. The van der Waals surface area contributed by atoms with Gasteiger partial charge in [0.2, 0.25) is 0 Å². The van der Waals surface area contributed by atoms with Crippen molar-refractivity contribution in [1.82, 2.24) is 4.98 Å². The fourth-order valence-electron chi connectivity index (χ4n) is 1.95. The van der Waals surface area contributed by atoms with Gasteiger partial charge in [0, 0.05) is 12.7 Å². The van der Waals surface area contributed by atoms with Gasteiger partial charge in [-0.3, -0.25) is 0 Å². The number of pyridine rings is 1. The third-order valence-electron chi connectivity index (χ3n) is 2.91. The molecule has 0 amide bonds. The number of aryl methyl sites for hydroxylation is 1. The summed E-state index contributed by atoms with van der Waals surface area (Å²) in [5.41, 5.74) is 7.96. The number of nitrogens with zero attached hydrogens (tertiary/aromatic N) is 2. The zero-order chi connectivity index (χ0) is 14.0. The Morgan fingerprint density at radius 2 is 2.05 bits per heavy atom. The lowest BCUT2D eigenvalue weighted by Crippen LogP contribution is -2.17. The van der Waals surface area contributed by atoms with Gasteiger partial charge in [-0.2, -0.15) is 0 Å². The Balaban J connectivity index is 2.53. The molecule has 1 heterocycles. The Bertz CT molecular complexity index is 626. The summed E-state index contributed by atoms with van der Waals surface area (Å²) in [6.45, 7) is 1.96. The van der Waals surface area contributed by atoms with E-state index in [-0.39, 0.29) is 5.56 Å². The van der Waals surface area contributed by atoms with E-state index < -0.39 is 5.97 Å². The highest BCUT2D eigenvalue weighted by Gasteiger charge is 2.17. The number of hydrogen-bond donors (Lipinski definition) is 2. The van der Waals surface area contributed by atoms with Gasteiger partial charge in [-0.05, 0) is 24.6 Å². The smallest absolute Gasteiger partial charge is 0.339 e. The van der Waals surface area contributed by atoms with Crippen LogP contribution in [0.3, 0.4) is 0 Å². The molecule has 1 aromatic heterocycles. The van der Waals surface area contributed by atoms with Gasteiger partial charge in [-0.1, -0.05) is 18.2 Å². The maximum atomic E-state index is 11.3. The van der Waals surface area contributed by atoms with Gasteiger partial charge in [-0.15, -0.1) is 0 Å². The van der Waals surface area contributed by atoms with Crippen molar-refractivity contribution >= 4 is 23.2 Å². The number of anilines is 3. The number of hydrogen-bond acceptors (Lipinski definition) is 4.